The van der Waals surface area contributed by atoms with Crippen molar-refractivity contribution in [2.24, 2.45) is 5.41 Å². The lowest BCUT2D eigenvalue weighted by atomic mass is 9.71. The molecule has 2 aliphatic rings. The van der Waals surface area contributed by atoms with Crippen LogP contribution in [-0.4, -0.2) is 39.6 Å². The number of hydrogen-bond acceptors (Lipinski definition) is 3. The highest BCUT2D eigenvalue weighted by molar-refractivity contribution is 5.77. The number of rotatable bonds is 3. The summed E-state index contributed by atoms with van der Waals surface area (Å²) in [6.45, 7) is 3.08. The molecule has 4 nitrogen and oxygen atoms in total. The third-order valence-corrected chi connectivity index (χ3v) is 5.25. The average Bonchev–Trinajstić information content (AvgIpc) is 2.82. The number of aryl methyl sites for hydroxylation is 1. The topological polar surface area (TPSA) is 53.4 Å². The molecule has 1 amide bonds. The van der Waals surface area contributed by atoms with Crippen LogP contribution in [0.25, 0.3) is 0 Å². The van der Waals surface area contributed by atoms with E-state index >= 15 is 0 Å². The van der Waals surface area contributed by atoms with Crippen LogP contribution >= 0.6 is 0 Å². The zero-order valence-corrected chi connectivity index (χ0v) is 12.7. The zero-order valence-electron chi connectivity index (χ0n) is 12.7. The number of aromatic nitrogens is 1. The minimum Gasteiger partial charge on any atom is -0.393 e. The van der Waals surface area contributed by atoms with Crippen molar-refractivity contribution < 1.29 is 9.90 Å². The van der Waals surface area contributed by atoms with E-state index in [0.717, 1.165) is 44.2 Å². The number of hydrogen-bond donors (Lipinski definition) is 1. The Labute approximate surface area is 126 Å². The molecule has 2 fully saturated rings. The zero-order chi connectivity index (χ0) is 14.9. The molecule has 1 aromatic rings. The predicted octanol–water partition coefficient (Wildman–Crippen LogP) is 2.17. The molecule has 0 aromatic carbocycles. The number of aliphatic hydroxyl groups excluding tert-OH is 1. The monoisotopic (exact) mass is 288 g/mol. The first kappa shape index (κ1) is 14.5. The van der Waals surface area contributed by atoms with Gasteiger partial charge >= 0.3 is 0 Å². The summed E-state index contributed by atoms with van der Waals surface area (Å²) in [5.74, 6) is 0.254. The minimum atomic E-state index is -0.184. The number of fused-ring (bicyclic) bond motifs is 1. The summed E-state index contributed by atoms with van der Waals surface area (Å²) >= 11 is 0. The number of carbonyl (C=O) groups excluding carboxylic acids is 1. The first-order chi connectivity index (χ1) is 10.1. The first-order valence-corrected chi connectivity index (χ1v) is 7.95. The van der Waals surface area contributed by atoms with Crippen LogP contribution < -0.4 is 0 Å². The van der Waals surface area contributed by atoms with Crippen molar-refractivity contribution in [2.75, 3.05) is 6.54 Å². The van der Waals surface area contributed by atoms with E-state index in [2.05, 4.69) is 16.8 Å². The van der Waals surface area contributed by atoms with E-state index in [1.54, 1.807) is 6.20 Å². The van der Waals surface area contributed by atoms with Gasteiger partial charge in [0.15, 0.2) is 0 Å². The highest BCUT2D eigenvalue weighted by Crippen LogP contribution is 2.46. The van der Waals surface area contributed by atoms with Gasteiger partial charge in [0.2, 0.25) is 5.91 Å². The van der Waals surface area contributed by atoms with E-state index in [1.807, 2.05) is 18.3 Å². The van der Waals surface area contributed by atoms with Crippen molar-refractivity contribution in [3.63, 3.8) is 0 Å². The van der Waals surface area contributed by atoms with Crippen LogP contribution in [0, 0.1) is 5.41 Å². The Morgan fingerprint density at radius 2 is 2.38 bits per heavy atom. The first-order valence-electron chi connectivity index (χ1n) is 7.95. The van der Waals surface area contributed by atoms with Crippen LogP contribution in [0.15, 0.2) is 24.5 Å². The van der Waals surface area contributed by atoms with Gasteiger partial charge in [0.05, 0.1) is 6.10 Å². The van der Waals surface area contributed by atoms with E-state index < -0.39 is 0 Å². The second-order valence-corrected chi connectivity index (χ2v) is 6.80. The molecule has 1 saturated heterocycles. The van der Waals surface area contributed by atoms with Crippen LogP contribution in [0.1, 0.15) is 44.6 Å². The molecule has 21 heavy (non-hydrogen) atoms. The second kappa shape index (κ2) is 5.76. The molecule has 1 aliphatic carbocycles. The smallest absolute Gasteiger partial charge is 0.223 e. The van der Waals surface area contributed by atoms with Crippen molar-refractivity contribution in [1.82, 2.24) is 9.88 Å². The van der Waals surface area contributed by atoms with E-state index in [-0.39, 0.29) is 17.4 Å². The van der Waals surface area contributed by atoms with Crippen molar-refractivity contribution in [2.45, 2.75) is 57.6 Å². The van der Waals surface area contributed by atoms with Crippen LogP contribution in [0.2, 0.25) is 0 Å². The molecule has 0 unspecified atom stereocenters. The van der Waals surface area contributed by atoms with Gasteiger partial charge in [-0.3, -0.25) is 9.78 Å². The molecule has 3 atom stereocenters. The molecule has 1 saturated carbocycles. The molecule has 4 heteroatoms. The summed E-state index contributed by atoms with van der Waals surface area (Å²) in [7, 11) is 0. The molecule has 2 heterocycles. The minimum absolute atomic E-state index is 0.113. The maximum absolute atomic E-state index is 12.5. The summed E-state index contributed by atoms with van der Waals surface area (Å²) < 4.78 is 0. The Bertz CT molecular complexity index is 505. The van der Waals surface area contributed by atoms with Gasteiger partial charge in [0.1, 0.15) is 0 Å². The number of nitrogens with zero attached hydrogens (tertiary/aromatic N) is 2. The highest BCUT2D eigenvalue weighted by Gasteiger charge is 2.48. The Hall–Kier alpha value is -1.42. The molecule has 0 radical (unpaired) electrons. The lowest BCUT2D eigenvalue weighted by Gasteiger charge is -2.41. The van der Waals surface area contributed by atoms with Crippen molar-refractivity contribution >= 4 is 5.91 Å². The second-order valence-electron chi connectivity index (χ2n) is 6.80. The lowest BCUT2D eigenvalue weighted by molar-refractivity contribution is -0.134. The summed E-state index contributed by atoms with van der Waals surface area (Å²) in [4.78, 5) is 18.7. The lowest BCUT2D eigenvalue weighted by Crippen LogP contribution is -2.46. The van der Waals surface area contributed by atoms with Crippen molar-refractivity contribution in [3.8, 4) is 0 Å². The van der Waals surface area contributed by atoms with Crippen LogP contribution in [0.5, 0.6) is 0 Å². The fourth-order valence-corrected chi connectivity index (χ4v) is 4.05. The van der Waals surface area contributed by atoms with Gasteiger partial charge in [0, 0.05) is 31.4 Å². The number of aliphatic hydroxyl groups is 1. The van der Waals surface area contributed by atoms with Crippen molar-refractivity contribution in [1.29, 1.82) is 0 Å². The highest BCUT2D eigenvalue weighted by atomic mass is 16.3. The maximum Gasteiger partial charge on any atom is 0.223 e. The fourth-order valence-electron chi connectivity index (χ4n) is 4.05. The molecular formula is C17H24N2O2. The summed E-state index contributed by atoms with van der Waals surface area (Å²) in [6.07, 6.45) is 8.34. The number of amides is 1. The summed E-state index contributed by atoms with van der Waals surface area (Å²) in [5.41, 5.74) is 1.23. The van der Waals surface area contributed by atoms with E-state index in [4.69, 9.17) is 0 Å². The van der Waals surface area contributed by atoms with Gasteiger partial charge < -0.3 is 10.0 Å². The Kier molecular flexibility index (Phi) is 3.98. The molecule has 1 aliphatic heterocycles. The van der Waals surface area contributed by atoms with Gasteiger partial charge in [-0.2, -0.15) is 0 Å². The van der Waals surface area contributed by atoms with E-state index in [9.17, 15) is 9.90 Å². The number of carbonyl (C=O) groups is 1. The Morgan fingerprint density at radius 3 is 3.14 bits per heavy atom. The maximum atomic E-state index is 12.5. The molecule has 0 bridgehead atoms. The predicted molar refractivity (Wildman–Crippen MR) is 80.6 cm³/mol. The SMILES string of the molecule is C[C@@]12CCN(C(=O)CCc3cccnc3)[C@@H]1CC[C@@H](O)C2. The van der Waals surface area contributed by atoms with Gasteiger partial charge in [0.25, 0.3) is 0 Å². The molecule has 1 aromatic heterocycles. The van der Waals surface area contributed by atoms with E-state index in [1.165, 1.54) is 0 Å². The standard InChI is InChI=1S/C17H24N2O2/c1-17-8-10-19(15(17)6-5-14(20)11-17)16(21)7-4-13-3-2-9-18-12-13/h2-3,9,12,14-15,20H,4-8,10-11H2,1H3/t14-,15-,17+/m1/s1. The number of likely N-dealkylation sites (tertiary alicyclic amines) is 1. The van der Waals surface area contributed by atoms with E-state index in [0.29, 0.717) is 12.5 Å². The molecule has 114 valence electrons. The Balaban J connectivity index is 1.61. The number of pyridine rings is 1. The third-order valence-electron chi connectivity index (χ3n) is 5.25. The Morgan fingerprint density at radius 1 is 1.52 bits per heavy atom. The largest absolute Gasteiger partial charge is 0.393 e. The molecule has 1 N–H and O–H groups in total. The summed E-state index contributed by atoms with van der Waals surface area (Å²) in [6, 6.07) is 4.25. The van der Waals surface area contributed by atoms with Gasteiger partial charge in [-0.1, -0.05) is 13.0 Å². The fraction of sp³-hybridized carbons (Fsp3) is 0.647. The molecular weight excluding hydrogens is 264 g/mol. The van der Waals surface area contributed by atoms with Gasteiger partial charge in [-0.05, 0) is 49.1 Å². The summed E-state index contributed by atoms with van der Waals surface area (Å²) in [5, 5.41) is 9.89. The average molecular weight is 288 g/mol. The van der Waals surface area contributed by atoms with Gasteiger partial charge in [-0.25, -0.2) is 0 Å². The van der Waals surface area contributed by atoms with Gasteiger partial charge in [-0.15, -0.1) is 0 Å². The normalized spacial score (nSPS) is 32.0. The van der Waals surface area contributed by atoms with Crippen LogP contribution in [0.4, 0.5) is 0 Å². The molecule has 3 rings (SSSR count). The quantitative estimate of drug-likeness (QED) is 0.927. The third kappa shape index (κ3) is 2.95. The van der Waals surface area contributed by atoms with Crippen LogP contribution in [-0.2, 0) is 11.2 Å². The molecule has 0 spiro atoms. The van der Waals surface area contributed by atoms with Crippen LogP contribution in [0.3, 0.4) is 0 Å². The van der Waals surface area contributed by atoms with Crippen molar-refractivity contribution in [3.05, 3.63) is 30.1 Å².